The quantitative estimate of drug-likeness (QED) is 0.521. The number of rotatable bonds is 6. The fourth-order valence-corrected chi connectivity index (χ4v) is 2.43. The van der Waals surface area contributed by atoms with Gasteiger partial charge in [-0.05, 0) is 18.2 Å². The summed E-state index contributed by atoms with van der Waals surface area (Å²) < 4.78 is 0. The molecule has 0 aromatic heterocycles. The molecular weight excluding hydrogens is 208 g/mol. The lowest BCUT2D eigenvalue weighted by atomic mass is 10.4. The monoisotopic (exact) mass is 222 g/mol. The predicted octanol–water partition coefficient (Wildman–Crippen LogP) is 4.24. The van der Waals surface area contributed by atoms with Crippen molar-refractivity contribution >= 4 is 23.5 Å². The van der Waals surface area contributed by atoms with Gasteiger partial charge in [0.15, 0.2) is 0 Å². The molecule has 0 unspecified atom stereocenters. The molecule has 0 saturated carbocycles. The van der Waals surface area contributed by atoms with E-state index in [1.165, 1.54) is 9.79 Å². The molecule has 0 radical (unpaired) electrons. The molecule has 0 nitrogen and oxygen atoms in total. The standard InChI is InChI=1S/C12H14S2/c1-3-8-13-11-6-5-7-12(10-11)14-9-4-2/h3-7,10H,1-2,8-9H2. The maximum absolute atomic E-state index is 3.71. The Morgan fingerprint density at radius 1 is 1.00 bits per heavy atom. The van der Waals surface area contributed by atoms with Crippen molar-refractivity contribution in [2.75, 3.05) is 11.5 Å². The van der Waals surface area contributed by atoms with Crippen LogP contribution in [0.3, 0.4) is 0 Å². The van der Waals surface area contributed by atoms with Crippen LogP contribution in [0.4, 0.5) is 0 Å². The van der Waals surface area contributed by atoms with Gasteiger partial charge in [-0.25, -0.2) is 0 Å². The van der Waals surface area contributed by atoms with Gasteiger partial charge in [0.25, 0.3) is 0 Å². The Bertz CT molecular complexity index is 278. The van der Waals surface area contributed by atoms with Gasteiger partial charge in [-0.2, -0.15) is 0 Å². The Morgan fingerprint density at radius 3 is 1.93 bits per heavy atom. The topological polar surface area (TPSA) is 0 Å². The summed E-state index contributed by atoms with van der Waals surface area (Å²) >= 11 is 3.62. The van der Waals surface area contributed by atoms with Crippen LogP contribution in [0.5, 0.6) is 0 Å². The van der Waals surface area contributed by atoms with Gasteiger partial charge in [0, 0.05) is 21.3 Å². The predicted molar refractivity (Wildman–Crippen MR) is 68.3 cm³/mol. The van der Waals surface area contributed by atoms with E-state index in [1.807, 2.05) is 35.7 Å². The third kappa shape index (κ3) is 4.07. The normalized spacial score (nSPS) is 9.71. The van der Waals surface area contributed by atoms with Crippen molar-refractivity contribution in [2.45, 2.75) is 9.79 Å². The molecule has 1 rings (SSSR count). The summed E-state index contributed by atoms with van der Waals surface area (Å²) in [5, 5.41) is 0. The van der Waals surface area contributed by atoms with E-state index in [4.69, 9.17) is 0 Å². The second-order valence-electron chi connectivity index (χ2n) is 2.67. The van der Waals surface area contributed by atoms with E-state index in [9.17, 15) is 0 Å². The Labute approximate surface area is 94.5 Å². The lowest BCUT2D eigenvalue weighted by molar-refractivity contribution is 1.33. The van der Waals surface area contributed by atoms with Crippen molar-refractivity contribution in [2.24, 2.45) is 0 Å². The van der Waals surface area contributed by atoms with Gasteiger partial charge in [-0.3, -0.25) is 0 Å². The van der Waals surface area contributed by atoms with Gasteiger partial charge in [0.05, 0.1) is 0 Å². The van der Waals surface area contributed by atoms with Crippen LogP contribution in [-0.2, 0) is 0 Å². The number of hydrogen-bond donors (Lipinski definition) is 0. The first-order valence-electron chi connectivity index (χ1n) is 4.44. The van der Waals surface area contributed by atoms with E-state index in [2.05, 4.69) is 37.4 Å². The van der Waals surface area contributed by atoms with Gasteiger partial charge in [0.2, 0.25) is 0 Å². The molecule has 0 aliphatic carbocycles. The molecule has 1 aromatic carbocycles. The molecule has 1 aromatic rings. The van der Waals surface area contributed by atoms with Crippen LogP contribution < -0.4 is 0 Å². The molecule has 74 valence electrons. The first-order valence-corrected chi connectivity index (χ1v) is 6.41. The minimum atomic E-state index is 0.968. The first-order chi connectivity index (χ1) is 6.86. The molecule has 0 saturated heterocycles. The first kappa shape index (κ1) is 11.5. The van der Waals surface area contributed by atoms with Crippen LogP contribution in [-0.4, -0.2) is 11.5 Å². The summed E-state index contributed by atoms with van der Waals surface area (Å²) in [4.78, 5) is 2.61. The van der Waals surface area contributed by atoms with Crippen molar-refractivity contribution in [3.8, 4) is 0 Å². The fraction of sp³-hybridized carbons (Fsp3) is 0.167. The summed E-state index contributed by atoms with van der Waals surface area (Å²) in [6.07, 6.45) is 3.85. The van der Waals surface area contributed by atoms with Crippen molar-refractivity contribution in [1.29, 1.82) is 0 Å². The summed E-state index contributed by atoms with van der Waals surface area (Å²) in [5.41, 5.74) is 0. The molecule has 0 atom stereocenters. The van der Waals surface area contributed by atoms with E-state index >= 15 is 0 Å². The van der Waals surface area contributed by atoms with Crippen LogP contribution in [0.2, 0.25) is 0 Å². The highest BCUT2D eigenvalue weighted by Gasteiger charge is 1.95. The Balaban J connectivity index is 2.58. The Morgan fingerprint density at radius 2 is 1.50 bits per heavy atom. The highest BCUT2D eigenvalue weighted by molar-refractivity contribution is 8.00. The molecule has 0 aliphatic heterocycles. The number of benzene rings is 1. The van der Waals surface area contributed by atoms with E-state index in [-0.39, 0.29) is 0 Å². The van der Waals surface area contributed by atoms with Crippen molar-refractivity contribution in [1.82, 2.24) is 0 Å². The lowest BCUT2D eigenvalue weighted by Crippen LogP contribution is -1.77. The molecule has 0 spiro atoms. The second kappa shape index (κ2) is 6.80. The average molecular weight is 222 g/mol. The van der Waals surface area contributed by atoms with Gasteiger partial charge in [-0.1, -0.05) is 18.2 Å². The molecule has 0 amide bonds. The second-order valence-corrected chi connectivity index (χ2v) is 4.86. The zero-order valence-electron chi connectivity index (χ0n) is 8.11. The van der Waals surface area contributed by atoms with E-state index < -0.39 is 0 Å². The Hall–Kier alpha value is -0.600. The molecule has 0 fully saturated rings. The van der Waals surface area contributed by atoms with Gasteiger partial charge in [-0.15, -0.1) is 36.7 Å². The van der Waals surface area contributed by atoms with Gasteiger partial charge < -0.3 is 0 Å². The van der Waals surface area contributed by atoms with E-state index in [0.717, 1.165) is 11.5 Å². The van der Waals surface area contributed by atoms with Gasteiger partial charge in [0.1, 0.15) is 0 Å². The number of hydrogen-bond acceptors (Lipinski definition) is 2. The third-order valence-electron chi connectivity index (χ3n) is 1.54. The largest absolute Gasteiger partial charge is 0.122 e. The zero-order valence-corrected chi connectivity index (χ0v) is 9.74. The SMILES string of the molecule is C=CCSc1cccc(SCC=C)c1. The average Bonchev–Trinajstić information content (AvgIpc) is 2.24. The molecular formula is C12H14S2. The van der Waals surface area contributed by atoms with Crippen LogP contribution in [0.15, 0.2) is 59.4 Å². The third-order valence-corrected chi connectivity index (χ3v) is 3.52. The lowest BCUT2D eigenvalue weighted by Gasteiger charge is -2.02. The van der Waals surface area contributed by atoms with Crippen molar-refractivity contribution in [3.63, 3.8) is 0 Å². The van der Waals surface area contributed by atoms with Gasteiger partial charge >= 0.3 is 0 Å². The fourth-order valence-electron chi connectivity index (χ4n) is 0.964. The highest BCUT2D eigenvalue weighted by atomic mass is 32.2. The summed E-state index contributed by atoms with van der Waals surface area (Å²) in [5.74, 6) is 1.94. The summed E-state index contributed by atoms with van der Waals surface area (Å²) in [7, 11) is 0. The molecule has 14 heavy (non-hydrogen) atoms. The van der Waals surface area contributed by atoms with Crippen molar-refractivity contribution in [3.05, 3.63) is 49.6 Å². The molecule has 2 heteroatoms. The highest BCUT2D eigenvalue weighted by Crippen LogP contribution is 2.24. The van der Waals surface area contributed by atoms with Crippen molar-refractivity contribution < 1.29 is 0 Å². The molecule has 0 bridgehead atoms. The minimum absolute atomic E-state index is 0.968. The van der Waals surface area contributed by atoms with Crippen LogP contribution in [0.25, 0.3) is 0 Å². The molecule has 0 N–H and O–H groups in total. The minimum Gasteiger partial charge on any atom is -0.122 e. The van der Waals surface area contributed by atoms with Crippen LogP contribution >= 0.6 is 23.5 Å². The molecule has 0 aliphatic rings. The van der Waals surface area contributed by atoms with Crippen LogP contribution in [0.1, 0.15) is 0 Å². The van der Waals surface area contributed by atoms with E-state index in [1.54, 1.807) is 0 Å². The van der Waals surface area contributed by atoms with E-state index in [0.29, 0.717) is 0 Å². The number of thioether (sulfide) groups is 2. The Kier molecular flexibility index (Phi) is 5.57. The molecule has 0 heterocycles. The smallest absolute Gasteiger partial charge is 0.0158 e. The summed E-state index contributed by atoms with van der Waals surface area (Å²) in [6.45, 7) is 7.42. The maximum Gasteiger partial charge on any atom is 0.0158 e. The zero-order chi connectivity index (χ0) is 10.2. The van der Waals surface area contributed by atoms with Crippen LogP contribution in [0, 0.1) is 0 Å². The summed E-state index contributed by atoms with van der Waals surface area (Å²) in [6, 6.07) is 8.57. The maximum atomic E-state index is 3.71.